The molecule has 0 atom stereocenters. The SMILES string of the molecule is O=C(c1ccc(Cl)nc1)N1CCCN(c2nc3ncccc3o2)CC1. The summed E-state index contributed by atoms with van der Waals surface area (Å²) in [6.07, 6.45) is 4.04. The van der Waals surface area contributed by atoms with E-state index >= 15 is 0 Å². The Bertz CT molecular complexity index is 862. The number of halogens is 1. The molecule has 1 fully saturated rings. The van der Waals surface area contributed by atoms with Gasteiger partial charge in [-0.15, -0.1) is 0 Å². The maximum Gasteiger partial charge on any atom is 0.300 e. The van der Waals surface area contributed by atoms with Gasteiger partial charge in [0.25, 0.3) is 11.9 Å². The Balaban J connectivity index is 1.48. The van der Waals surface area contributed by atoms with Crippen molar-refractivity contribution < 1.29 is 9.21 Å². The lowest BCUT2D eigenvalue weighted by Gasteiger charge is -2.21. The Hall–Kier alpha value is -2.67. The third kappa shape index (κ3) is 3.28. The van der Waals surface area contributed by atoms with Crippen LogP contribution in [-0.2, 0) is 0 Å². The fraction of sp³-hybridized carbons (Fsp3) is 0.294. The molecule has 0 spiro atoms. The average Bonchev–Trinajstić information content (AvgIpc) is 2.91. The van der Waals surface area contributed by atoms with Crippen molar-refractivity contribution in [1.82, 2.24) is 19.9 Å². The van der Waals surface area contributed by atoms with Crippen molar-refractivity contribution in [3.8, 4) is 0 Å². The topological polar surface area (TPSA) is 75.4 Å². The van der Waals surface area contributed by atoms with Gasteiger partial charge < -0.3 is 14.2 Å². The molecule has 25 heavy (non-hydrogen) atoms. The fourth-order valence-corrected chi connectivity index (χ4v) is 3.00. The number of oxazole rings is 1. The number of nitrogens with zero attached hydrogens (tertiary/aromatic N) is 5. The van der Waals surface area contributed by atoms with Gasteiger partial charge in [0.05, 0.1) is 5.56 Å². The minimum Gasteiger partial charge on any atom is -0.422 e. The second-order valence-corrected chi connectivity index (χ2v) is 6.21. The molecule has 7 nitrogen and oxygen atoms in total. The lowest BCUT2D eigenvalue weighted by molar-refractivity contribution is 0.0766. The molecule has 1 aliphatic heterocycles. The molecule has 0 aromatic carbocycles. The Labute approximate surface area is 149 Å². The van der Waals surface area contributed by atoms with E-state index in [9.17, 15) is 4.79 Å². The molecular weight excluding hydrogens is 342 g/mol. The van der Waals surface area contributed by atoms with Crippen molar-refractivity contribution in [3.63, 3.8) is 0 Å². The Morgan fingerprint density at radius 2 is 2.04 bits per heavy atom. The number of hydrogen-bond donors (Lipinski definition) is 0. The van der Waals surface area contributed by atoms with E-state index in [2.05, 4.69) is 19.9 Å². The molecule has 128 valence electrons. The highest BCUT2D eigenvalue weighted by atomic mass is 35.5. The Kier molecular flexibility index (Phi) is 4.23. The maximum atomic E-state index is 12.6. The van der Waals surface area contributed by atoms with Crippen LogP contribution in [-0.4, -0.2) is 51.9 Å². The highest BCUT2D eigenvalue weighted by molar-refractivity contribution is 6.29. The van der Waals surface area contributed by atoms with Gasteiger partial charge in [-0.1, -0.05) is 11.6 Å². The van der Waals surface area contributed by atoms with Gasteiger partial charge in [0, 0.05) is 38.6 Å². The second-order valence-electron chi connectivity index (χ2n) is 5.82. The van der Waals surface area contributed by atoms with E-state index in [1.165, 1.54) is 6.20 Å². The molecule has 0 unspecified atom stereocenters. The summed E-state index contributed by atoms with van der Waals surface area (Å²) in [6.45, 7) is 2.69. The van der Waals surface area contributed by atoms with Crippen LogP contribution in [0, 0.1) is 0 Å². The number of amides is 1. The van der Waals surface area contributed by atoms with E-state index in [-0.39, 0.29) is 5.91 Å². The molecule has 1 amide bonds. The molecule has 0 saturated carbocycles. The van der Waals surface area contributed by atoms with Gasteiger partial charge in [-0.2, -0.15) is 4.98 Å². The van der Waals surface area contributed by atoms with Gasteiger partial charge in [0.2, 0.25) is 5.65 Å². The van der Waals surface area contributed by atoms with Crippen molar-refractivity contribution in [2.24, 2.45) is 0 Å². The first-order valence-electron chi connectivity index (χ1n) is 8.08. The monoisotopic (exact) mass is 357 g/mol. The van der Waals surface area contributed by atoms with Crippen LogP contribution in [0.2, 0.25) is 5.15 Å². The first-order chi connectivity index (χ1) is 12.2. The summed E-state index contributed by atoms with van der Waals surface area (Å²) in [4.78, 5) is 29.1. The van der Waals surface area contributed by atoms with E-state index in [1.54, 1.807) is 18.3 Å². The minimum absolute atomic E-state index is 0.0368. The number of rotatable bonds is 2. The van der Waals surface area contributed by atoms with E-state index < -0.39 is 0 Å². The molecule has 1 aliphatic rings. The quantitative estimate of drug-likeness (QED) is 0.656. The molecule has 0 aliphatic carbocycles. The lowest BCUT2D eigenvalue weighted by atomic mass is 10.2. The molecule has 0 bridgehead atoms. The predicted molar refractivity (Wildman–Crippen MR) is 93.8 cm³/mol. The van der Waals surface area contributed by atoms with Crippen LogP contribution in [0.4, 0.5) is 6.01 Å². The zero-order valence-corrected chi connectivity index (χ0v) is 14.2. The zero-order valence-electron chi connectivity index (χ0n) is 13.4. The number of carbonyl (C=O) groups excluding carboxylic acids is 1. The third-order valence-corrected chi connectivity index (χ3v) is 4.41. The summed E-state index contributed by atoms with van der Waals surface area (Å²) in [6, 6.07) is 7.55. The number of hydrogen-bond acceptors (Lipinski definition) is 6. The maximum absolute atomic E-state index is 12.6. The number of pyridine rings is 2. The van der Waals surface area contributed by atoms with E-state index in [4.69, 9.17) is 16.0 Å². The molecule has 3 aromatic heterocycles. The van der Waals surface area contributed by atoms with Gasteiger partial charge in [-0.05, 0) is 30.7 Å². The predicted octanol–water partition coefficient (Wildman–Crippen LogP) is 2.62. The average molecular weight is 358 g/mol. The summed E-state index contributed by atoms with van der Waals surface area (Å²) in [7, 11) is 0. The number of carbonyl (C=O) groups is 1. The summed E-state index contributed by atoms with van der Waals surface area (Å²) in [5.74, 6) is -0.0368. The first-order valence-corrected chi connectivity index (χ1v) is 8.46. The van der Waals surface area contributed by atoms with Gasteiger partial charge in [-0.3, -0.25) is 4.79 Å². The Morgan fingerprint density at radius 3 is 2.84 bits per heavy atom. The second kappa shape index (κ2) is 6.68. The molecule has 0 N–H and O–H groups in total. The summed E-state index contributed by atoms with van der Waals surface area (Å²) in [5, 5.41) is 0.378. The molecular formula is C17H16ClN5O2. The standard InChI is InChI=1S/C17H16ClN5O2/c18-14-5-4-12(11-20-14)16(24)22-7-2-8-23(10-9-22)17-21-15-13(25-17)3-1-6-19-15/h1,3-6,11H,2,7-10H2. The summed E-state index contributed by atoms with van der Waals surface area (Å²) < 4.78 is 5.78. The molecule has 8 heteroatoms. The Morgan fingerprint density at radius 1 is 1.12 bits per heavy atom. The molecule has 0 radical (unpaired) electrons. The van der Waals surface area contributed by atoms with E-state index in [1.807, 2.05) is 17.0 Å². The molecule has 4 heterocycles. The molecule has 3 aromatic rings. The van der Waals surface area contributed by atoms with Crippen molar-refractivity contribution >= 4 is 34.8 Å². The van der Waals surface area contributed by atoms with E-state index in [0.29, 0.717) is 47.6 Å². The highest BCUT2D eigenvalue weighted by Crippen LogP contribution is 2.21. The summed E-state index contributed by atoms with van der Waals surface area (Å²) >= 11 is 5.78. The van der Waals surface area contributed by atoms with Gasteiger partial charge in [-0.25, -0.2) is 9.97 Å². The van der Waals surface area contributed by atoms with Crippen LogP contribution in [0.5, 0.6) is 0 Å². The van der Waals surface area contributed by atoms with Crippen LogP contribution in [0.3, 0.4) is 0 Å². The molecule has 4 rings (SSSR count). The van der Waals surface area contributed by atoms with Crippen LogP contribution in [0.1, 0.15) is 16.8 Å². The zero-order chi connectivity index (χ0) is 17.2. The smallest absolute Gasteiger partial charge is 0.300 e. The minimum atomic E-state index is -0.0368. The van der Waals surface area contributed by atoms with Crippen molar-refractivity contribution in [2.45, 2.75) is 6.42 Å². The van der Waals surface area contributed by atoms with Crippen LogP contribution < -0.4 is 4.90 Å². The number of anilines is 1. The largest absolute Gasteiger partial charge is 0.422 e. The van der Waals surface area contributed by atoms with Crippen molar-refractivity contribution in [1.29, 1.82) is 0 Å². The van der Waals surface area contributed by atoms with E-state index in [0.717, 1.165) is 13.0 Å². The van der Waals surface area contributed by atoms with Gasteiger partial charge in [0.1, 0.15) is 5.15 Å². The normalized spacial score (nSPS) is 15.4. The summed E-state index contributed by atoms with van der Waals surface area (Å²) in [5.41, 5.74) is 1.81. The van der Waals surface area contributed by atoms with Gasteiger partial charge >= 0.3 is 0 Å². The van der Waals surface area contributed by atoms with Crippen molar-refractivity contribution in [3.05, 3.63) is 47.4 Å². The van der Waals surface area contributed by atoms with Gasteiger partial charge in [0.15, 0.2) is 5.58 Å². The lowest BCUT2D eigenvalue weighted by Crippen LogP contribution is -2.35. The van der Waals surface area contributed by atoms with Crippen LogP contribution in [0.15, 0.2) is 41.1 Å². The van der Waals surface area contributed by atoms with Crippen LogP contribution >= 0.6 is 11.6 Å². The molecule has 1 saturated heterocycles. The number of fused-ring (bicyclic) bond motifs is 1. The fourth-order valence-electron chi connectivity index (χ4n) is 2.89. The number of aromatic nitrogens is 3. The van der Waals surface area contributed by atoms with Crippen LogP contribution in [0.25, 0.3) is 11.2 Å². The highest BCUT2D eigenvalue weighted by Gasteiger charge is 2.23. The third-order valence-electron chi connectivity index (χ3n) is 4.18. The van der Waals surface area contributed by atoms with Crippen molar-refractivity contribution in [2.75, 3.05) is 31.1 Å². The first kappa shape index (κ1) is 15.8.